The molecule has 1 aromatic heterocycles. The van der Waals surface area contributed by atoms with Crippen LogP contribution < -0.4 is 0 Å². The first-order valence-electron chi connectivity index (χ1n) is 5.96. The molecule has 100 valence electrons. The fraction of sp³-hybridized carbons (Fsp3) is 0.143. The van der Waals surface area contributed by atoms with E-state index in [9.17, 15) is 5.26 Å². The third-order valence-electron chi connectivity index (χ3n) is 2.93. The summed E-state index contributed by atoms with van der Waals surface area (Å²) in [7, 11) is 0. The quantitative estimate of drug-likeness (QED) is 0.769. The molecule has 0 N–H and O–H groups in total. The van der Waals surface area contributed by atoms with Crippen molar-refractivity contribution in [2.24, 2.45) is 0 Å². The molecular formula is C14H10ClN3S2. The van der Waals surface area contributed by atoms with Crippen LogP contribution in [-0.4, -0.2) is 15.3 Å². The van der Waals surface area contributed by atoms with E-state index in [2.05, 4.69) is 11.1 Å². The van der Waals surface area contributed by atoms with Crippen LogP contribution in [0, 0.1) is 11.3 Å². The number of allylic oxidation sites excluding steroid dienone is 1. The lowest BCUT2D eigenvalue weighted by Gasteiger charge is -2.09. The maximum absolute atomic E-state index is 9.36. The summed E-state index contributed by atoms with van der Waals surface area (Å²) in [6.45, 7) is 0. The Balaban J connectivity index is 1.90. The highest BCUT2D eigenvalue weighted by Crippen LogP contribution is 2.53. The molecule has 3 nitrogen and oxygen atoms in total. The van der Waals surface area contributed by atoms with Gasteiger partial charge in [-0.15, -0.1) is 23.5 Å². The number of imidazole rings is 1. The zero-order valence-corrected chi connectivity index (χ0v) is 12.8. The summed E-state index contributed by atoms with van der Waals surface area (Å²) in [5, 5.41) is 10.4. The first-order chi connectivity index (χ1) is 9.79. The van der Waals surface area contributed by atoms with E-state index < -0.39 is 0 Å². The zero-order chi connectivity index (χ0) is 13.9. The lowest BCUT2D eigenvalue weighted by atomic mass is 10.2. The Kier molecular flexibility index (Phi) is 4.06. The largest absolute Gasteiger partial charge is 0.296 e. The van der Waals surface area contributed by atoms with Crippen LogP contribution in [-0.2, 0) is 0 Å². The molecule has 0 bridgehead atoms. The molecule has 0 spiro atoms. The Morgan fingerprint density at radius 1 is 1.45 bits per heavy atom. The van der Waals surface area contributed by atoms with Crippen LogP contribution in [0.25, 0.3) is 5.70 Å². The SMILES string of the molecule is N#C/C(=C1\SCC(c2ccccc2Cl)S1)n1ccnc1. The molecule has 0 saturated carbocycles. The second-order valence-corrected chi connectivity index (χ2v) is 7.07. The van der Waals surface area contributed by atoms with E-state index in [0.717, 1.165) is 20.6 Å². The van der Waals surface area contributed by atoms with E-state index in [1.807, 2.05) is 24.3 Å². The molecular weight excluding hydrogens is 310 g/mol. The Bertz CT molecular complexity index is 689. The Morgan fingerprint density at radius 2 is 2.30 bits per heavy atom. The standard InChI is InChI=1S/C14H10ClN3S2/c15-11-4-2-1-3-10(11)13-8-19-14(20-13)12(7-16)18-6-5-17-9-18/h1-6,9,13H,8H2/b14-12-. The molecule has 20 heavy (non-hydrogen) atoms. The third kappa shape index (κ3) is 2.59. The maximum atomic E-state index is 9.36. The van der Waals surface area contributed by atoms with Gasteiger partial charge in [0.15, 0.2) is 0 Å². The molecule has 1 fully saturated rings. The molecule has 2 heterocycles. The maximum Gasteiger partial charge on any atom is 0.145 e. The summed E-state index contributed by atoms with van der Waals surface area (Å²) >= 11 is 9.64. The predicted molar refractivity (Wildman–Crippen MR) is 85.3 cm³/mol. The van der Waals surface area contributed by atoms with Gasteiger partial charge in [-0.1, -0.05) is 29.8 Å². The number of hydrogen-bond acceptors (Lipinski definition) is 4. The lowest BCUT2D eigenvalue weighted by molar-refractivity contribution is 1.10. The summed E-state index contributed by atoms with van der Waals surface area (Å²) in [6, 6.07) is 10.1. The molecule has 0 radical (unpaired) electrons. The van der Waals surface area contributed by atoms with Gasteiger partial charge in [0, 0.05) is 28.4 Å². The number of benzene rings is 1. The molecule has 1 saturated heterocycles. The second-order valence-electron chi connectivity index (χ2n) is 4.16. The monoisotopic (exact) mass is 319 g/mol. The van der Waals surface area contributed by atoms with Crippen molar-refractivity contribution in [3.05, 3.63) is 57.8 Å². The third-order valence-corrected chi connectivity index (χ3v) is 6.19. The molecule has 1 aliphatic rings. The summed E-state index contributed by atoms with van der Waals surface area (Å²) in [4.78, 5) is 3.99. The van der Waals surface area contributed by atoms with E-state index in [0.29, 0.717) is 5.70 Å². The van der Waals surface area contributed by atoms with Gasteiger partial charge >= 0.3 is 0 Å². The molecule has 3 rings (SSSR count). The first-order valence-corrected chi connectivity index (χ1v) is 8.20. The summed E-state index contributed by atoms with van der Waals surface area (Å²) in [5.74, 6) is 0.920. The van der Waals surface area contributed by atoms with Gasteiger partial charge < -0.3 is 0 Å². The van der Waals surface area contributed by atoms with Gasteiger partial charge in [0.1, 0.15) is 11.8 Å². The molecule has 1 atom stereocenters. The Labute approximate surface area is 130 Å². The predicted octanol–water partition coefficient (Wildman–Crippen LogP) is 4.41. The van der Waals surface area contributed by atoms with E-state index in [1.54, 1.807) is 46.8 Å². The Hall–Kier alpha value is -1.35. The highest BCUT2D eigenvalue weighted by molar-refractivity contribution is 8.25. The van der Waals surface area contributed by atoms with Crippen LogP contribution in [0.4, 0.5) is 0 Å². The van der Waals surface area contributed by atoms with E-state index in [-0.39, 0.29) is 5.25 Å². The molecule has 0 aliphatic carbocycles. The highest BCUT2D eigenvalue weighted by Gasteiger charge is 2.27. The average Bonchev–Trinajstić information content (AvgIpc) is 3.12. The van der Waals surface area contributed by atoms with Crippen LogP contribution in [0.3, 0.4) is 0 Å². The lowest BCUT2D eigenvalue weighted by Crippen LogP contribution is -1.93. The van der Waals surface area contributed by atoms with Gasteiger partial charge in [0.05, 0.1) is 10.6 Å². The van der Waals surface area contributed by atoms with Gasteiger partial charge in [-0.25, -0.2) is 4.98 Å². The van der Waals surface area contributed by atoms with Crippen LogP contribution >= 0.6 is 35.1 Å². The Morgan fingerprint density at radius 3 is 3.00 bits per heavy atom. The zero-order valence-electron chi connectivity index (χ0n) is 10.4. The molecule has 1 aromatic carbocycles. The minimum atomic E-state index is 0.288. The molecule has 0 amide bonds. The summed E-state index contributed by atoms with van der Waals surface area (Å²) < 4.78 is 2.78. The van der Waals surface area contributed by atoms with E-state index >= 15 is 0 Å². The molecule has 2 aromatic rings. The number of rotatable bonds is 2. The number of aromatic nitrogens is 2. The summed E-state index contributed by atoms with van der Waals surface area (Å²) in [6.07, 6.45) is 5.11. The molecule has 6 heteroatoms. The van der Waals surface area contributed by atoms with Gasteiger partial charge in [-0.2, -0.15) is 5.26 Å². The van der Waals surface area contributed by atoms with E-state index in [4.69, 9.17) is 11.6 Å². The number of thioether (sulfide) groups is 2. The van der Waals surface area contributed by atoms with Gasteiger partial charge in [0.25, 0.3) is 0 Å². The smallest absolute Gasteiger partial charge is 0.145 e. The van der Waals surface area contributed by atoms with Crippen molar-refractivity contribution >= 4 is 40.8 Å². The van der Waals surface area contributed by atoms with Crippen LogP contribution in [0.2, 0.25) is 5.02 Å². The minimum absolute atomic E-state index is 0.288. The van der Waals surface area contributed by atoms with E-state index in [1.165, 1.54) is 0 Å². The van der Waals surface area contributed by atoms with Crippen LogP contribution in [0.5, 0.6) is 0 Å². The fourth-order valence-corrected chi connectivity index (χ4v) is 5.22. The van der Waals surface area contributed by atoms with Crippen molar-refractivity contribution < 1.29 is 0 Å². The fourth-order valence-electron chi connectivity index (χ4n) is 1.96. The van der Waals surface area contributed by atoms with Crippen molar-refractivity contribution in [3.63, 3.8) is 0 Å². The average molecular weight is 320 g/mol. The van der Waals surface area contributed by atoms with Crippen molar-refractivity contribution in [1.29, 1.82) is 5.26 Å². The molecule has 1 aliphatic heterocycles. The number of hydrogen-bond donors (Lipinski definition) is 0. The number of nitrogens with zero attached hydrogens (tertiary/aromatic N) is 3. The van der Waals surface area contributed by atoms with Crippen molar-refractivity contribution in [1.82, 2.24) is 9.55 Å². The minimum Gasteiger partial charge on any atom is -0.296 e. The van der Waals surface area contributed by atoms with Crippen molar-refractivity contribution in [3.8, 4) is 6.07 Å². The topological polar surface area (TPSA) is 41.6 Å². The van der Waals surface area contributed by atoms with Crippen molar-refractivity contribution in [2.45, 2.75) is 5.25 Å². The van der Waals surface area contributed by atoms with Gasteiger partial charge in [-0.05, 0) is 11.6 Å². The first kappa shape index (κ1) is 13.6. The van der Waals surface area contributed by atoms with Crippen LogP contribution in [0.1, 0.15) is 10.8 Å². The van der Waals surface area contributed by atoms with Crippen LogP contribution in [0.15, 0.2) is 47.2 Å². The highest BCUT2D eigenvalue weighted by atomic mass is 35.5. The second kappa shape index (κ2) is 5.96. The van der Waals surface area contributed by atoms with Gasteiger partial charge in [0.2, 0.25) is 0 Å². The summed E-state index contributed by atoms with van der Waals surface area (Å²) in [5.41, 5.74) is 1.76. The van der Waals surface area contributed by atoms with Gasteiger partial charge in [-0.3, -0.25) is 4.57 Å². The normalized spacial score (nSPS) is 20.7. The van der Waals surface area contributed by atoms with Crippen molar-refractivity contribution in [2.75, 3.05) is 5.75 Å². The molecule has 1 unspecified atom stereocenters. The number of nitriles is 1. The number of halogens is 1.